The third-order valence-corrected chi connectivity index (χ3v) is 16.1. The van der Waals surface area contributed by atoms with E-state index in [2.05, 4.69) is 101 Å². The molecule has 8 rings (SSSR count). The molecule has 0 amide bonds. The Kier molecular flexibility index (Phi) is 11.5. The van der Waals surface area contributed by atoms with E-state index in [1.54, 1.807) is 0 Å². The summed E-state index contributed by atoms with van der Waals surface area (Å²) in [6.07, 6.45) is 14.4. The van der Waals surface area contributed by atoms with Gasteiger partial charge in [0.05, 0.1) is 0 Å². The largest absolute Gasteiger partial charge is 0.0948 e. The highest BCUT2D eigenvalue weighted by atomic mass is 35.5. The molecule has 0 saturated carbocycles. The van der Waals surface area contributed by atoms with Crippen molar-refractivity contribution in [1.82, 2.24) is 0 Å². The van der Waals surface area contributed by atoms with Gasteiger partial charge in [0.2, 0.25) is 0 Å². The molecular formula is C44H40Cl4S4. The van der Waals surface area contributed by atoms with Gasteiger partial charge in [0.25, 0.3) is 0 Å². The summed E-state index contributed by atoms with van der Waals surface area (Å²) in [5.74, 6) is 0. The Morgan fingerprint density at radius 3 is 0.865 bits per heavy atom. The van der Waals surface area contributed by atoms with Crippen molar-refractivity contribution in [1.29, 1.82) is 0 Å². The monoisotopic (exact) mass is 836 g/mol. The lowest BCUT2D eigenvalue weighted by Gasteiger charge is -2.33. The lowest BCUT2D eigenvalue weighted by atomic mass is 9.70. The van der Waals surface area contributed by atoms with E-state index in [0.717, 1.165) is 45.8 Å². The van der Waals surface area contributed by atoms with Crippen LogP contribution in [0.4, 0.5) is 0 Å². The van der Waals surface area contributed by atoms with Crippen molar-refractivity contribution in [2.75, 3.05) is 0 Å². The van der Waals surface area contributed by atoms with Gasteiger partial charge in [-0.3, -0.25) is 0 Å². The first-order chi connectivity index (χ1) is 24.7. The lowest BCUT2D eigenvalue weighted by molar-refractivity contribution is 0.218. The van der Waals surface area contributed by atoms with Crippen molar-refractivity contribution in [2.45, 2.75) is 73.0 Å². The highest BCUT2D eigenvalue weighted by molar-refractivity contribution is 8.04. The average Bonchev–Trinajstić information content (AvgIpc) is 3.65. The minimum absolute atomic E-state index is 0.122. The number of allylic oxidation sites excluding steroid dienone is 8. The smallest absolute Gasteiger partial charge is 0.0406 e. The molecular weight excluding hydrogens is 799 g/mol. The Bertz CT molecular complexity index is 1920. The fraction of sp³-hybridized carbons (Fsp3) is 0.273. The molecule has 0 radical (unpaired) electrons. The third kappa shape index (κ3) is 8.61. The van der Waals surface area contributed by atoms with Crippen LogP contribution in [0.15, 0.2) is 161 Å². The normalized spacial score (nSPS) is 27.2. The van der Waals surface area contributed by atoms with Gasteiger partial charge in [-0.2, -0.15) is 0 Å². The predicted octanol–water partition coefficient (Wildman–Crippen LogP) is 16.9. The standard InChI is InChI=1S/2C22H20Cl2S2/c2*1-21-11-19(25-17-7-3-15(23)4-8-17)13-22(21,2)14-20(12-21)26-18-9-5-16(24)6-10-18/h3-11,14H,12-13H2,1-2H3;3-12H,13-14H2,1-2H3. The van der Waals surface area contributed by atoms with E-state index in [1.807, 2.05) is 95.6 Å². The van der Waals surface area contributed by atoms with Gasteiger partial charge in [-0.25, -0.2) is 0 Å². The predicted molar refractivity (Wildman–Crippen MR) is 232 cm³/mol. The molecule has 4 aliphatic carbocycles. The molecule has 8 heteroatoms. The van der Waals surface area contributed by atoms with E-state index < -0.39 is 0 Å². The number of hydrogen-bond donors (Lipinski definition) is 0. The second-order valence-corrected chi connectivity index (χ2v) is 21.6. The van der Waals surface area contributed by atoms with Crippen LogP contribution in [0, 0.1) is 21.7 Å². The number of benzene rings is 4. The topological polar surface area (TPSA) is 0 Å². The Morgan fingerprint density at radius 1 is 0.365 bits per heavy atom. The fourth-order valence-corrected chi connectivity index (χ4v) is 13.2. The zero-order valence-electron chi connectivity index (χ0n) is 29.5. The van der Waals surface area contributed by atoms with E-state index in [9.17, 15) is 0 Å². The molecule has 268 valence electrons. The van der Waals surface area contributed by atoms with E-state index in [4.69, 9.17) is 46.4 Å². The highest BCUT2D eigenvalue weighted by Crippen LogP contribution is 2.65. The Labute approximate surface area is 346 Å². The molecule has 0 N–H and O–H groups in total. The van der Waals surface area contributed by atoms with Crippen LogP contribution in [0.1, 0.15) is 53.4 Å². The molecule has 0 fully saturated rings. The first-order valence-corrected chi connectivity index (χ1v) is 22.1. The summed E-state index contributed by atoms with van der Waals surface area (Å²) < 4.78 is 0. The lowest BCUT2D eigenvalue weighted by Crippen LogP contribution is -2.26. The molecule has 2 unspecified atom stereocenters. The van der Waals surface area contributed by atoms with Crippen molar-refractivity contribution in [3.63, 3.8) is 0 Å². The molecule has 4 aliphatic rings. The molecule has 0 aromatic heterocycles. The number of fused-ring (bicyclic) bond motifs is 2. The maximum atomic E-state index is 6.00. The van der Waals surface area contributed by atoms with Gasteiger partial charge >= 0.3 is 0 Å². The zero-order chi connectivity index (χ0) is 36.7. The summed E-state index contributed by atoms with van der Waals surface area (Å²) in [4.78, 5) is 10.9. The Balaban J connectivity index is 0.000000162. The van der Waals surface area contributed by atoms with Gasteiger partial charge in [-0.05, 0) is 148 Å². The molecule has 4 aromatic rings. The van der Waals surface area contributed by atoms with Crippen molar-refractivity contribution >= 4 is 93.5 Å². The summed E-state index contributed by atoms with van der Waals surface area (Å²) in [7, 11) is 0. The Morgan fingerprint density at radius 2 is 0.615 bits per heavy atom. The number of halogens is 4. The molecule has 0 nitrogen and oxygen atoms in total. The second kappa shape index (κ2) is 15.5. The first kappa shape index (κ1) is 38.7. The van der Waals surface area contributed by atoms with E-state index >= 15 is 0 Å². The molecule has 4 aromatic carbocycles. The molecule has 0 spiro atoms. The van der Waals surface area contributed by atoms with E-state index in [-0.39, 0.29) is 21.7 Å². The summed E-state index contributed by atoms with van der Waals surface area (Å²) in [5.41, 5.74) is 0.764. The van der Waals surface area contributed by atoms with Gasteiger partial charge in [0.1, 0.15) is 0 Å². The third-order valence-electron chi connectivity index (χ3n) is 10.9. The summed E-state index contributed by atoms with van der Waals surface area (Å²) in [6, 6.07) is 32.5. The van der Waals surface area contributed by atoms with Gasteiger partial charge in [-0.1, -0.05) is 145 Å². The van der Waals surface area contributed by atoms with Crippen molar-refractivity contribution in [3.8, 4) is 0 Å². The van der Waals surface area contributed by atoms with E-state index in [1.165, 1.54) is 39.2 Å². The van der Waals surface area contributed by atoms with Crippen molar-refractivity contribution in [3.05, 3.63) is 161 Å². The maximum absolute atomic E-state index is 6.00. The van der Waals surface area contributed by atoms with Gasteiger partial charge in [-0.15, -0.1) is 0 Å². The van der Waals surface area contributed by atoms with Crippen LogP contribution in [-0.4, -0.2) is 0 Å². The Hall–Kier alpha value is -1.60. The van der Waals surface area contributed by atoms with Crippen molar-refractivity contribution < 1.29 is 0 Å². The van der Waals surface area contributed by atoms with Gasteiger partial charge < -0.3 is 0 Å². The van der Waals surface area contributed by atoms with Gasteiger partial charge in [0, 0.05) is 55.9 Å². The zero-order valence-corrected chi connectivity index (χ0v) is 35.8. The summed E-state index contributed by atoms with van der Waals surface area (Å²) >= 11 is 31.5. The first-order valence-electron chi connectivity index (χ1n) is 17.3. The maximum Gasteiger partial charge on any atom is 0.0406 e. The molecule has 0 saturated heterocycles. The minimum Gasteiger partial charge on any atom is -0.0948 e. The molecule has 52 heavy (non-hydrogen) atoms. The number of thioether (sulfide) groups is 4. The minimum atomic E-state index is 0.122. The van der Waals surface area contributed by atoms with Crippen LogP contribution < -0.4 is 0 Å². The van der Waals surface area contributed by atoms with Crippen LogP contribution in [0.2, 0.25) is 20.1 Å². The summed E-state index contributed by atoms with van der Waals surface area (Å²) in [6.45, 7) is 9.59. The second-order valence-electron chi connectivity index (χ2n) is 15.1. The van der Waals surface area contributed by atoms with Crippen LogP contribution in [-0.2, 0) is 0 Å². The molecule has 0 aliphatic heterocycles. The van der Waals surface area contributed by atoms with Crippen LogP contribution >= 0.6 is 93.5 Å². The highest BCUT2D eigenvalue weighted by Gasteiger charge is 2.52. The van der Waals surface area contributed by atoms with Crippen LogP contribution in [0.3, 0.4) is 0 Å². The van der Waals surface area contributed by atoms with Crippen LogP contribution in [0.25, 0.3) is 0 Å². The fourth-order valence-electron chi connectivity index (χ4n) is 7.62. The van der Waals surface area contributed by atoms with Crippen molar-refractivity contribution in [2.24, 2.45) is 21.7 Å². The number of rotatable bonds is 8. The summed E-state index contributed by atoms with van der Waals surface area (Å²) in [5, 5.41) is 3.16. The SMILES string of the molecule is CC12C=C(Sc3ccc(Cl)cc3)CC1(C)C=C(Sc1ccc(Cl)cc1)C2.CC12C=C(Sc3ccc(Cl)cc3)CC1(C)CC(Sc1ccc(Cl)cc1)=C2. The molecule has 0 bridgehead atoms. The van der Waals surface area contributed by atoms with Crippen LogP contribution in [0.5, 0.6) is 0 Å². The molecule has 0 heterocycles. The molecule has 2 atom stereocenters. The number of hydrogen-bond acceptors (Lipinski definition) is 4. The van der Waals surface area contributed by atoms with Gasteiger partial charge in [0.15, 0.2) is 0 Å². The average molecular weight is 839 g/mol. The quantitative estimate of drug-likeness (QED) is 0.173. The van der Waals surface area contributed by atoms with E-state index in [0.29, 0.717) is 0 Å².